The molecule has 0 unspecified atom stereocenters. The van der Waals surface area contributed by atoms with E-state index in [1.165, 1.54) is 12.1 Å². The highest BCUT2D eigenvalue weighted by molar-refractivity contribution is 7.89. The summed E-state index contributed by atoms with van der Waals surface area (Å²) in [7, 11) is -2.05. The zero-order chi connectivity index (χ0) is 17.6. The fourth-order valence-corrected chi connectivity index (χ4v) is 3.11. The van der Waals surface area contributed by atoms with E-state index in [0.717, 1.165) is 11.1 Å². The molecule has 2 aromatic carbocycles. The number of hydrogen-bond acceptors (Lipinski definition) is 4. The lowest BCUT2D eigenvalue weighted by Crippen LogP contribution is -2.23. The minimum atomic E-state index is -3.62. The third-order valence-corrected chi connectivity index (χ3v) is 4.90. The first-order valence-electron chi connectivity index (χ1n) is 7.34. The summed E-state index contributed by atoms with van der Waals surface area (Å²) < 4.78 is 32.1. The molecule has 2 N–H and O–H groups in total. The molecule has 128 valence electrons. The Kier molecular flexibility index (Phi) is 5.94. The van der Waals surface area contributed by atoms with Crippen LogP contribution in [0.4, 0.5) is 0 Å². The minimum Gasteiger partial charge on any atom is -0.497 e. The zero-order valence-corrected chi connectivity index (χ0v) is 14.0. The van der Waals surface area contributed by atoms with Crippen LogP contribution in [-0.2, 0) is 27.8 Å². The fraction of sp³-hybridized carbons (Fsp3) is 0.235. The van der Waals surface area contributed by atoms with Gasteiger partial charge in [0.05, 0.1) is 12.0 Å². The van der Waals surface area contributed by atoms with Crippen molar-refractivity contribution in [3.8, 4) is 5.75 Å². The van der Waals surface area contributed by atoms with Crippen molar-refractivity contribution < 1.29 is 23.1 Å². The predicted molar refractivity (Wildman–Crippen MR) is 89.4 cm³/mol. The van der Waals surface area contributed by atoms with Crippen LogP contribution in [0.25, 0.3) is 0 Å². The summed E-state index contributed by atoms with van der Waals surface area (Å²) in [4.78, 5) is 10.7. The molecule has 24 heavy (non-hydrogen) atoms. The van der Waals surface area contributed by atoms with E-state index >= 15 is 0 Å². The molecule has 0 amide bonds. The highest BCUT2D eigenvalue weighted by Crippen LogP contribution is 2.14. The third kappa shape index (κ3) is 5.07. The minimum absolute atomic E-state index is 0.0157. The first-order valence-corrected chi connectivity index (χ1v) is 8.82. The average Bonchev–Trinajstić information content (AvgIpc) is 2.59. The van der Waals surface area contributed by atoms with E-state index in [-0.39, 0.29) is 17.9 Å². The number of carbonyl (C=O) groups is 1. The molecule has 0 aliphatic heterocycles. The van der Waals surface area contributed by atoms with E-state index in [1.807, 2.05) is 0 Å². The van der Waals surface area contributed by atoms with E-state index in [4.69, 9.17) is 9.84 Å². The average molecular weight is 349 g/mol. The summed E-state index contributed by atoms with van der Waals surface area (Å²) in [6.07, 6.45) is 0.386. The van der Waals surface area contributed by atoms with Crippen LogP contribution in [0, 0.1) is 0 Å². The summed E-state index contributed by atoms with van der Waals surface area (Å²) in [5.41, 5.74) is 1.60. The third-order valence-electron chi connectivity index (χ3n) is 3.49. The number of benzene rings is 2. The van der Waals surface area contributed by atoms with Crippen molar-refractivity contribution in [3.05, 3.63) is 59.7 Å². The van der Waals surface area contributed by atoms with Gasteiger partial charge in [-0.3, -0.25) is 4.79 Å². The molecule has 0 aromatic heterocycles. The Morgan fingerprint density at radius 1 is 1.04 bits per heavy atom. The number of aryl methyl sites for hydroxylation is 1. The molecule has 2 rings (SSSR count). The van der Waals surface area contributed by atoms with Gasteiger partial charge in [-0.15, -0.1) is 0 Å². The van der Waals surface area contributed by atoms with Crippen molar-refractivity contribution >= 4 is 16.0 Å². The van der Waals surface area contributed by atoms with Gasteiger partial charge in [-0.1, -0.05) is 24.3 Å². The van der Waals surface area contributed by atoms with E-state index in [9.17, 15) is 13.2 Å². The molecule has 0 aliphatic rings. The van der Waals surface area contributed by atoms with Crippen molar-refractivity contribution in [2.24, 2.45) is 0 Å². The van der Waals surface area contributed by atoms with Crippen LogP contribution in [0.2, 0.25) is 0 Å². The SMILES string of the molecule is COc1ccc(CNS(=O)(=O)c2ccc(CCC(=O)O)cc2)cc1. The first-order chi connectivity index (χ1) is 11.4. The van der Waals surface area contributed by atoms with Gasteiger partial charge in [0.1, 0.15) is 5.75 Å². The molecule has 7 heteroatoms. The molecule has 6 nitrogen and oxygen atoms in total. The lowest BCUT2D eigenvalue weighted by Gasteiger charge is -2.08. The van der Waals surface area contributed by atoms with Gasteiger partial charge in [-0.2, -0.15) is 0 Å². The highest BCUT2D eigenvalue weighted by Gasteiger charge is 2.13. The van der Waals surface area contributed by atoms with Gasteiger partial charge >= 0.3 is 5.97 Å². The van der Waals surface area contributed by atoms with Gasteiger partial charge in [0.15, 0.2) is 0 Å². The summed E-state index contributed by atoms with van der Waals surface area (Å²) in [6.45, 7) is 0.174. The number of methoxy groups -OCH3 is 1. The van der Waals surface area contributed by atoms with E-state index in [1.54, 1.807) is 43.5 Å². The predicted octanol–water partition coefficient (Wildman–Crippen LogP) is 2.19. The molecule has 0 saturated carbocycles. The van der Waals surface area contributed by atoms with E-state index in [0.29, 0.717) is 12.2 Å². The Balaban J connectivity index is 1.99. The molecule has 0 fully saturated rings. The molecule has 0 spiro atoms. The summed E-state index contributed by atoms with van der Waals surface area (Å²) >= 11 is 0. The Morgan fingerprint density at radius 3 is 2.17 bits per heavy atom. The van der Waals surface area contributed by atoms with Gasteiger partial charge in [0.2, 0.25) is 10.0 Å². The Morgan fingerprint density at radius 2 is 1.62 bits per heavy atom. The van der Waals surface area contributed by atoms with Gasteiger partial charge in [-0.05, 0) is 41.8 Å². The lowest BCUT2D eigenvalue weighted by molar-refractivity contribution is -0.136. The van der Waals surface area contributed by atoms with E-state index < -0.39 is 16.0 Å². The van der Waals surface area contributed by atoms with Crippen molar-refractivity contribution in [2.75, 3.05) is 7.11 Å². The maximum atomic E-state index is 12.3. The van der Waals surface area contributed by atoms with Crippen LogP contribution < -0.4 is 9.46 Å². The normalized spacial score (nSPS) is 11.2. The van der Waals surface area contributed by atoms with Crippen molar-refractivity contribution in [1.29, 1.82) is 0 Å². The monoisotopic (exact) mass is 349 g/mol. The van der Waals surface area contributed by atoms with Crippen LogP contribution in [-0.4, -0.2) is 26.6 Å². The van der Waals surface area contributed by atoms with Crippen LogP contribution in [0.5, 0.6) is 5.75 Å². The molecule has 0 atom stereocenters. The number of ether oxygens (including phenoxy) is 1. The summed E-state index contributed by atoms with van der Waals surface area (Å²) in [5, 5.41) is 8.66. The number of rotatable bonds is 8. The number of nitrogens with one attached hydrogen (secondary N) is 1. The second-order valence-corrected chi connectivity index (χ2v) is 6.98. The Hall–Kier alpha value is -2.38. The molecule has 0 saturated heterocycles. The zero-order valence-electron chi connectivity index (χ0n) is 13.2. The Bertz CT molecular complexity index is 783. The van der Waals surface area contributed by atoms with E-state index in [2.05, 4.69) is 4.72 Å². The molecule has 0 aliphatic carbocycles. The fourth-order valence-electron chi connectivity index (χ4n) is 2.09. The second-order valence-electron chi connectivity index (χ2n) is 5.21. The quantitative estimate of drug-likeness (QED) is 0.762. The molecular weight excluding hydrogens is 330 g/mol. The van der Waals surface area contributed by atoms with Gasteiger partial charge in [0, 0.05) is 13.0 Å². The maximum absolute atomic E-state index is 12.3. The molecule has 2 aromatic rings. The maximum Gasteiger partial charge on any atom is 0.303 e. The lowest BCUT2D eigenvalue weighted by atomic mass is 10.1. The summed E-state index contributed by atoms with van der Waals surface area (Å²) in [5.74, 6) is -0.175. The van der Waals surface area contributed by atoms with Crippen molar-refractivity contribution in [1.82, 2.24) is 4.72 Å². The second kappa shape index (κ2) is 7.94. The van der Waals surface area contributed by atoms with Crippen LogP contribution in [0.1, 0.15) is 17.5 Å². The van der Waals surface area contributed by atoms with Gasteiger partial charge < -0.3 is 9.84 Å². The van der Waals surface area contributed by atoms with Crippen molar-refractivity contribution in [2.45, 2.75) is 24.3 Å². The molecular formula is C17H19NO5S. The topological polar surface area (TPSA) is 92.7 Å². The highest BCUT2D eigenvalue weighted by atomic mass is 32.2. The van der Waals surface area contributed by atoms with Crippen molar-refractivity contribution in [3.63, 3.8) is 0 Å². The van der Waals surface area contributed by atoms with Gasteiger partial charge in [0.25, 0.3) is 0 Å². The first kappa shape index (κ1) is 18.0. The number of sulfonamides is 1. The summed E-state index contributed by atoms with van der Waals surface area (Å²) in [6, 6.07) is 13.3. The molecule has 0 bridgehead atoms. The number of aliphatic carboxylic acids is 1. The Labute approximate surface area is 141 Å². The largest absolute Gasteiger partial charge is 0.497 e. The van der Waals surface area contributed by atoms with Crippen LogP contribution in [0.15, 0.2) is 53.4 Å². The molecule has 0 radical (unpaired) electrons. The van der Waals surface area contributed by atoms with Crippen LogP contribution >= 0.6 is 0 Å². The number of carboxylic acid groups (broad SMARTS) is 1. The molecule has 0 heterocycles. The van der Waals surface area contributed by atoms with Gasteiger partial charge in [-0.25, -0.2) is 13.1 Å². The van der Waals surface area contributed by atoms with Crippen LogP contribution in [0.3, 0.4) is 0 Å². The smallest absolute Gasteiger partial charge is 0.303 e. The standard InChI is InChI=1S/C17H19NO5S/c1-23-15-7-2-14(3-8-15)12-18-24(21,22)16-9-4-13(5-10-16)6-11-17(19)20/h2-5,7-10,18H,6,11-12H2,1H3,(H,19,20). The number of carboxylic acids is 1. The number of hydrogen-bond donors (Lipinski definition) is 2.